The zero-order valence-electron chi connectivity index (χ0n) is 9.74. The van der Waals surface area contributed by atoms with Crippen molar-refractivity contribution in [2.45, 2.75) is 45.2 Å². The summed E-state index contributed by atoms with van der Waals surface area (Å²) in [7, 11) is 0. The minimum Gasteiger partial charge on any atom is -0.328 e. The van der Waals surface area contributed by atoms with Gasteiger partial charge in [-0.05, 0) is 37.3 Å². The minimum absolute atomic E-state index is 0.127. The lowest BCUT2D eigenvalue weighted by Crippen LogP contribution is -2.18. The Morgan fingerprint density at radius 3 is 2.13 bits per heavy atom. The monoisotopic (exact) mass is 206 g/mol. The molecule has 4 N–H and O–H groups in total. The van der Waals surface area contributed by atoms with Crippen LogP contribution in [0.2, 0.25) is 0 Å². The first kappa shape index (κ1) is 12.2. The van der Waals surface area contributed by atoms with Crippen LogP contribution in [-0.4, -0.2) is 6.04 Å². The number of hydrogen-bond donors (Lipinski definition) is 2. The van der Waals surface area contributed by atoms with Crippen molar-refractivity contribution in [1.82, 2.24) is 0 Å². The van der Waals surface area contributed by atoms with Gasteiger partial charge >= 0.3 is 0 Å². The van der Waals surface area contributed by atoms with E-state index in [0.717, 1.165) is 19.3 Å². The average Bonchev–Trinajstić information content (AvgIpc) is 2.26. The number of benzene rings is 1. The van der Waals surface area contributed by atoms with Crippen LogP contribution < -0.4 is 11.5 Å². The van der Waals surface area contributed by atoms with Crippen molar-refractivity contribution >= 4 is 0 Å². The lowest BCUT2D eigenvalue weighted by Gasteiger charge is -2.13. The first-order valence-electron chi connectivity index (χ1n) is 5.73. The fourth-order valence-electron chi connectivity index (χ4n) is 1.61. The Morgan fingerprint density at radius 1 is 1.07 bits per heavy atom. The predicted octanol–water partition coefficient (Wildman–Crippen LogP) is 2.38. The summed E-state index contributed by atoms with van der Waals surface area (Å²) in [5.74, 6) is 0. The molecule has 2 unspecified atom stereocenters. The van der Waals surface area contributed by atoms with Crippen LogP contribution in [-0.2, 0) is 6.42 Å². The van der Waals surface area contributed by atoms with E-state index in [4.69, 9.17) is 11.5 Å². The molecule has 0 aliphatic rings. The standard InChI is InChI=1S/C13H22N2/c1-3-11-5-7-12(8-6-11)13(15)9-4-10(2)14/h5-8,10,13H,3-4,9,14-15H2,1-2H3. The van der Waals surface area contributed by atoms with E-state index >= 15 is 0 Å². The van der Waals surface area contributed by atoms with Gasteiger partial charge in [-0.2, -0.15) is 0 Å². The first-order chi connectivity index (χ1) is 7.13. The first-order valence-corrected chi connectivity index (χ1v) is 5.73. The maximum absolute atomic E-state index is 6.08. The minimum atomic E-state index is 0.127. The van der Waals surface area contributed by atoms with Crippen LogP contribution in [0.3, 0.4) is 0 Å². The van der Waals surface area contributed by atoms with Crippen molar-refractivity contribution in [3.63, 3.8) is 0 Å². The molecule has 0 spiro atoms. The Bertz CT molecular complexity index is 277. The molecule has 1 aromatic carbocycles. The zero-order chi connectivity index (χ0) is 11.3. The lowest BCUT2D eigenvalue weighted by molar-refractivity contribution is 0.555. The van der Waals surface area contributed by atoms with Gasteiger partial charge < -0.3 is 11.5 Å². The molecule has 0 heterocycles. The summed E-state index contributed by atoms with van der Waals surface area (Å²) >= 11 is 0. The highest BCUT2D eigenvalue weighted by atomic mass is 14.6. The molecule has 2 heteroatoms. The van der Waals surface area contributed by atoms with E-state index in [1.165, 1.54) is 11.1 Å². The van der Waals surface area contributed by atoms with Gasteiger partial charge in [0.05, 0.1) is 0 Å². The van der Waals surface area contributed by atoms with Crippen molar-refractivity contribution in [3.05, 3.63) is 35.4 Å². The van der Waals surface area contributed by atoms with Crippen LogP contribution >= 0.6 is 0 Å². The van der Waals surface area contributed by atoms with Crippen molar-refractivity contribution < 1.29 is 0 Å². The highest BCUT2D eigenvalue weighted by molar-refractivity contribution is 5.24. The molecular formula is C13H22N2. The quantitative estimate of drug-likeness (QED) is 0.777. The van der Waals surface area contributed by atoms with E-state index in [1.807, 2.05) is 6.92 Å². The SMILES string of the molecule is CCc1ccc(C(N)CCC(C)N)cc1. The molecule has 0 amide bonds. The molecule has 0 bridgehead atoms. The van der Waals surface area contributed by atoms with Crippen molar-refractivity contribution in [2.75, 3.05) is 0 Å². The highest BCUT2D eigenvalue weighted by Crippen LogP contribution is 2.17. The third-order valence-corrected chi connectivity index (χ3v) is 2.75. The fraction of sp³-hybridized carbons (Fsp3) is 0.538. The summed E-state index contributed by atoms with van der Waals surface area (Å²) in [5, 5.41) is 0. The Balaban J connectivity index is 2.54. The Labute approximate surface area is 92.7 Å². The fourth-order valence-corrected chi connectivity index (χ4v) is 1.61. The number of nitrogens with two attached hydrogens (primary N) is 2. The van der Waals surface area contributed by atoms with Crippen LogP contribution in [0, 0.1) is 0 Å². The van der Waals surface area contributed by atoms with Gasteiger partial charge in [0.2, 0.25) is 0 Å². The van der Waals surface area contributed by atoms with Crippen molar-refractivity contribution in [2.24, 2.45) is 11.5 Å². The maximum atomic E-state index is 6.08. The lowest BCUT2D eigenvalue weighted by atomic mass is 9.99. The molecule has 15 heavy (non-hydrogen) atoms. The molecule has 0 aliphatic heterocycles. The van der Waals surface area contributed by atoms with E-state index in [-0.39, 0.29) is 12.1 Å². The Hall–Kier alpha value is -0.860. The molecule has 2 nitrogen and oxygen atoms in total. The van der Waals surface area contributed by atoms with Crippen LogP contribution in [0.1, 0.15) is 43.9 Å². The second-order valence-electron chi connectivity index (χ2n) is 4.26. The zero-order valence-corrected chi connectivity index (χ0v) is 9.74. The summed E-state index contributed by atoms with van der Waals surface area (Å²) in [6.45, 7) is 4.18. The summed E-state index contributed by atoms with van der Waals surface area (Å²) in [6.07, 6.45) is 3.02. The summed E-state index contributed by atoms with van der Waals surface area (Å²) in [6, 6.07) is 8.94. The molecule has 0 saturated carbocycles. The molecule has 0 aromatic heterocycles. The third-order valence-electron chi connectivity index (χ3n) is 2.75. The molecule has 2 atom stereocenters. The van der Waals surface area contributed by atoms with Crippen LogP contribution in [0.15, 0.2) is 24.3 Å². The normalized spacial score (nSPS) is 14.9. The summed E-state index contributed by atoms with van der Waals surface area (Å²) in [5.41, 5.74) is 14.4. The van der Waals surface area contributed by atoms with Gasteiger partial charge in [-0.1, -0.05) is 31.2 Å². The van der Waals surface area contributed by atoms with Gasteiger partial charge in [-0.3, -0.25) is 0 Å². The van der Waals surface area contributed by atoms with Gasteiger partial charge in [-0.15, -0.1) is 0 Å². The van der Waals surface area contributed by atoms with Gasteiger partial charge in [0.15, 0.2) is 0 Å². The van der Waals surface area contributed by atoms with E-state index in [1.54, 1.807) is 0 Å². The van der Waals surface area contributed by atoms with Crippen LogP contribution in [0.5, 0.6) is 0 Å². The molecular weight excluding hydrogens is 184 g/mol. The molecule has 84 valence electrons. The van der Waals surface area contributed by atoms with Crippen LogP contribution in [0.25, 0.3) is 0 Å². The number of aryl methyl sites for hydroxylation is 1. The van der Waals surface area contributed by atoms with Gasteiger partial charge in [0.1, 0.15) is 0 Å². The topological polar surface area (TPSA) is 52.0 Å². The van der Waals surface area contributed by atoms with E-state index in [9.17, 15) is 0 Å². The van der Waals surface area contributed by atoms with E-state index in [2.05, 4.69) is 31.2 Å². The number of rotatable bonds is 5. The average molecular weight is 206 g/mol. The van der Waals surface area contributed by atoms with Crippen LogP contribution in [0.4, 0.5) is 0 Å². The largest absolute Gasteiger partial charge is 0.328 e. The smallest absolute Gasteiger partial charge is 0.0295 e. The van der Waals surface area contributed by atoms with Gasteiger partial charge in [0.25, 0.3) is 0 Å². The second kappa shape index (κ2) is 5.89. The predicted molar refractivity (Wildman–Crippen MR) is 65.6 cm³/mol. The summed E-state index contributed by atoms with van der Waals surface area (Å²) < 4.78 is 0. The third kappa shape index (κ3) is 4.02. The van der Waals surface area contributed by atoms with E-state index in [0.29, 0.717) is 0 Å². The molecule has 1 aromatic rings. The van der Waals surface area contributed by atoms with Crippen molar-refractivity contribution in [3.8, 4) is 0 Å². The molecule has 0 fully saturated rings. The summed E-state index contributed by atoms with van der Waals surface area (Å²) in [4.78, 5) is 0. The van der Waals surface area contributed by atoms with E-state index < -0.39 is 0 Å². The van der Waals surface area contributed by atoms with Gasteiger partial charge in [0, 0.05) is 12.1 Å². The molecule has 1 rings (SSSR count). The molecule has 0 saturated heterocycles. The number of hydrogen-bond acceptors (Lipinski definition) is 2. The maximum Gasteiger partial charge on any atom is 0.0295 e. The molecule has 0 radical (unpaired) electrons. The van der Waals surface area contributed by atoms with Crippen molar-refractivity contribution in [1.29, 1.82) is 0 Å². The highest BCUT2D eigenvalue weighted by Gasteiger charge is 2.06. The second-order valence-corrected chi connectivity index (χ2v) is 4.26. The molecule has 0 aliphatic carbocycles. The Kier molecular flexibility index (Phi) is 4.79. The van der Waals surface area contributed by atoms with Gasteiger partial charge in [-0.25, -0.2) is 0 Å². The Morgan fingerprint density at radius 2 is 1.67 bits per heavy atom.